The number of hydrogen-bond donors (Lipinski definition) is 1. The van der Waals surface area contributed by atoms with Gasteiger partial charge >= 0.3 is 6.18 Å². The fraction of sp³-hybridized carbons (Fsp3) is 0.444. The van der Waals surface area contributed by atoms with Crippen LogP contribution in [0.1, 0.15) is 30.5 Å². The Morgan fingerprint density at radius 2 is 1.77 bits per heavy atom. The average Bonchev–Trinajstić information content (AvgIpc) is 3.06. The van der Waals surface area contributed by atoms with Crippen LogP contribution in [0, 0.1) is 0 Å². The predicted molar refractivity (Wildman–Crippen MR) is 91.4 cm³/mol. The van der Waals surface area contributed by atoms with Gasteiger partial charge in [0.15, 0.2) is 5.69 Å². The molecule has 1 aromatic carbocycles. The summed E-state index contributed by atoms with van der Waals surface area (Å²) >= 11 is 0. The summed E-state index contributed by atoms with van der Waals surface area (Å²) in [5, 5.41) is 6.04. The van der Waals surface area contributed by atoms with Crippen LogP contribution in [0.2, 0.25) is 0 Å². The molecule has 0 atom stereocenters. The second kappa shape index (κ2) is 7.90. The van der Waals surface area contributed by atoms with Gasteiger partial charge in [-0.3, -0.25) is 14.4 Å². The minimum atomic E-state index is -4.51. The summed E-state index contributed by atoms with van der Waals surface area (Å²) < 4.78 is 38.5. The van der Waals surface area contributed by atoms with Crippen molar-refractivity contribution in [3.8, 4) is 0 Å². The largest absolute Gasteiger partial charge is 0.435 e. The van der Waals surface area contributed by atoms with Gasteiger partial charge in [-0.2, -0.15) is 18.3 Å². The van der Waals surface area contributed by atoms with Gasteiger partial charge in [-0.25, -0.2) is 0 Å². The molecule has 140 valence electrons. The molecule has 3 rings (SSSR count). The van der Waals surface area contributed by atoms with Crippen molar-refractivity contribution in [3.05, 3.63) is 47.8 Å². The van der Waals surface area contributed by atoms with E-state index in [0.717, 1.165) is 36.6 Å². The number of piperidine rings is 1. The maximum atomic E-state index is 12.5. The number of amides is 1. The number of likely N-dealkylation sites (tertiary alicyclic amines) is 1. The molecule has 0 unspecified atom stereocenters. The molecule has 5 nitrogen and oxygen atoms in total. The SMILES string of the molecule is O=C(Cn1ccc(C(F)(F)F)n1)Nc1ccc(CN2CCCCC2)cc1. The van der Waals surface area contributed by atoms with Crippen molar-refractivity contribution in [2.45, 2.75) is 38.5 Å². The topological polar surface area (TPSA) is 50.2 Å². The molecule has 0 aliphatic carbocycles. The first-order valence-electron chi connectivity index (χ1n) is 8.62. The second-order valence-electron chi connectivity index (χ2n) is 6.48. The van der Waals surface area contributed by atoms with E-state index >= 15 is 0 Å². The Labute approximate surface area is 149 Å². The lowest BCUT2D eigenvalue weighted by atomic mass is 10.1. The van der Waals surface area contributed by atoms with E-state index in [9.17, 15) is 18.0 Å². The zero-order valence-electron chi connectivity index (χ0n) is 14.3. The highest BCUT2D eigenvalue weighted by atomic mass is 19.4. The molecule has 0 spiro atoms. The van der Waals surface area contributed by atoms with Gasteiger partial charge in [0.1, 0.15) is 6.54 Å². The molecular weight excluding hydrogens is 345 g/mol. The number of nitrogens with zero attached hydrogens (tertiary/aromatic N) is 3. The summed E-state index contributed by atoms with van der Waals surface area (Å²) in [5.41, 5.74) is 0.778. The van der Waals surface area contributed by atoms with Gasteiger partial charge in [-0.15, -0.1) is 0 Å². The number of carbonyl (C=O) groups is 1. The van der Waals surface area contributed by atoms with Crippen molar-refractivity contribution in [2.24, 2.45) is 0 Å². The van der Waals surface area contributed by atoms with Gasteiger partial charge in [0.05, 0.1) is 0 Å². The number of nitrogens with one attached hydrogen (secondary N) is 1. The van der Waals surface area contributed by atoms with Crippen molar-refractivity contribution in [1.82, 2.24) is 14.7 Å². The van der Waals surface area contributed by atoms with Crippen LogP contribution in [0.25, 0.3) is 0 Å². The number of alkyl halides is 3. The van der Waals surface area contributed by atoms with E-state index in [1.165, 1.54) is 24.8 Å². The first-order chi connectivity index (χ1) is 12.4. The number of benzene rings is 1. The summed E-state index contributed by atoms with van der Waals surface area (Å²) in [5.74, 6) is -0.425. The quantitative estimate of drug-likeness (QED) is 0.881. The molecule has 1 amide bonds. The Morgan fingerprint density at radius 3 is 2.38 bits per heavy atom. The van der Waals surface area contributed by atoms with Gasteiger partial charge in [0.25, 0.3) is 0 Å². The molecule has 1 N–H and O–H groups in total. The molecule has 1 fully saturated rings. The highest BCUT2D eigenvalue weighted by Crippen LogP contribution is 2.27. The molecule has 0 bridgehead atoms. The average molecular weight is 366 g/mol. The van der Waals surface area contributed by atoms with Crippen molar-refractivity contribution in [2.75, 3.05) is 18.4 Å². The number of halogens is 3. The summed E-state index contributed by atoms with van der Waals surface area (Å²) in [4.78, 5) is 14.4. The van der Waals surface area contributed by atoms with Crippen molar-refractivity contribution in [1.29, 1.82) is 0 Å². The maximum Gasteiger partial charge on any atom is 0.435 e. The number of rotatable bonds is 5. The van der Waals surface area contributed by atoms with E-state index in [1.54, 1.807) is 12.1 Å². The summed E-state index contributed by atoms with van der Waals surface area (Å²) in [6.07, 6.45) is 0.396. The molecule has 1 aromatic heterocycles. The van der Waals surface area contributed by atoms with Gasteiger partial charge in [0, 0.05) is 18.4 Å². The fourth-order valence-electron chi connectivity index (χ4n) is 3.02. The lowest BCUT2D eigenvalue weighted by Crippen LogP contribution is -2.29. The molecule has 2 aromatic rings. The van der Waals surface area contributed by atoms with Crippen LogP contribution in [0.5, 0.6) is 0 Å². The minimum Gasteiger partial charge on any atom is -0.324 e. The highest BCUT2D eigenvalue weighted by molar-refractivity contribution is 5.90. The molecular formula is C18H21F3N4O. The normalized spacial score (nSPS) is 15.8. The fourth-order valence-corrected chi connectivity index (χ4v) is 3.02. The molecule has 2 heterocycles. The van der Waals surface area contributed by atoms with E-state index in [1.807, 2.05) is 12.1 Å². The molecule has 0 saturated carbocycles. The van der Waals surface area contributed by atoms with E-state index in [4.69, 9.17) is 0 Å². The first kappa shape index (κ1) is 18.4. The predicted octanol–water partition coefficient (Wildman–Crippen LogP) is 3.53. The summed E-state index contributed by atoms with van der Waals surface area (Å²) in [7, 11) is 0. The van der Waals surface area contributed by atoms with E-state index in [-0.39, 0.29) is 6.54 Å². The Balaban J connectivity index is 1.51. The van der Waals surface area contributed by atoms with Crippen LogP contribution in [0.4, 0.5) is 18.9 Å². The monoisotopic (exact) mass is 366 g/mol. The number of carbonyl (C=O) groups excluding carboxylic acids is 1. The van der Waals surface area contributed by atoms with E-state index in [2.05, 4.69) is 15.3 Å². The van der Waals surface area contributed by atoms with Crippen LogP contribution in [0.3, 0.4) is 0 Å². The third kappa shape index (κ3) is 5.08. The van der Waals surface area contributed by atoms with Crippen LogP contribution in [-0.2, 0) is 24.1 Å². The molecule has 1 saturated heterocycles. The van der Waals surface area contributed by atoms with Crippen LogP contribution in [-0.4, -0.2) is 33.7 Å². The lowest BCUT2D eigenvalue weighted by Gasteiger charge is -2.26. The van der Waals surface area contributed by atoms with Crippen molar-refractivity contribution >= 4 is 11.6 Å². The lowest BCUT2D eigenvalue weighted by molar-refractivity contribution is -0.141. The zero-order chi connectivity index (χ0) is 18.6. The smallest absolute Gasteiger partial charge is 0.324 e. The van der Waals surface area contributed by atoms with Gasteiger partial charge in [-0.1, -0.05) is 18.6 Å². The van der Waals surface area contributed by atoms with E-state index in [0.29, 0.717) is 5.69 Å². The Kier molecular flexibility index (Phi) is 5.61. The maximum absolute atomic E-state index is 12.5. The van der Waals surface area contributed by atoms with Gasteiger partial charge in [-0.05, 0) is 49.7 Å². The zero-order valence-corrected chi connectivity index (χ0v) is 14.3. The third-order valence-electron chi connectivity index (χ3n) is 4.33. The molecule has 26 heavy (non-hydrogen) atoms. The number of anilines is 1. The van der Waals surface area contributed by atoms with Crippen molar-refractivity contribution in [3.63, 3.8) is 0 Å². The minimum absolute atomic E-state index is 0.272. The molecule has 1 aliphatic heterocycles. The van der Waals surface area contributed by atoms with Gasteiger partial charge < -0.3 is 5.32 Å². The second-order valence-corrected chi connectivity index (χ2v) is 6.48. The Morgan fingerprint density at radius 1 is 1.08 bits per heavy atom. The Bertz CT molecular complexity index is 734. The van der Waals surface area contributed by atoms with Crippen LogP contribution >= 0.6 is 0 Å². The standard InChI is InChI=1S/C18H21F3N4O/c19-18(20,21)16-8-11-25(23-16)13-17(26)22-15-6-4-14(5-7-15)12-24-9-2-1-3-10-24/h4-8,11H,1-3,9-10,12-13H2,(H,22,26). The first-order valence-corrected chi connectivity index (χ1v) is 8.62. The van der Waals surface area contributed by atoms with Crippen molar-refractivity contribution < 1.29 is 18.0 Å². The summed E-state index contributed by atoms with van der Waals surface area (Å²) in [6, 6.07) is 8.38. The van der Waals surface area contributed by atoms with E-state index < -0.39 is 17.8 Å². The molecule has 1 aliphatic rings. The summed E-state index contributed by atoms with van der Waals surface area (Å²) in [6.45, 7) is 2.85. The Hall–Kier alpha value is -2.35. The van der Waals surface area contributed by atoms with Crippen LogP contribution in [0.15, 0.2) is 36.5 Å². The molecule has 0 radical (unpaired) electrons. The third-order valence-corrected chi connectivity index (χ3v) is 4.33. The highest BCUT2D eigenvalue weighted by Gasteiger charge is 2.33. The van der Waals surface area contributed by atoms with Crippen LogP contribution < -0.4 is 5.32 Å². The number of hydrogen-bond acceptors (Lipinski definition) is 3. The number of aromatic nitrogens is 2. The van der Waals surface area contributed by atoms with Gasteiger partial charge in [0.2, 0.25) is 5.91 Å². The molecule has 8 heteroatoms.